The van der Waals surface area contributed by atoms with Gasteiger partial charge in [-0.15, -0.1) is 0 Å². The molecule has 1 amide bonds. The first-order valence-electron chi connectivity index (χ1n) is 9.95. The molecule has 2 aliphatic rings. The van der Waals surface area contributed by atoms with Crippen molar-refractivity contribution in [2.24, 2.45) is 5.92 Å². The Bertz CT molecular complexity index is 722. The molecule has 0 unspecified atom stereocenters. The van der Waals surface area contributed by atoms with Gasteiger partial charge >= 0.3 is 0 Å². The summed E-state index contributed by atoms with van der Waals surface area (Å²) in [7, 11) is -3.37. The fraction of sp³-hybridized carbons (Fsp3) is 0.650. The van der Waals surface area contributed by atoms with Gasteiger partial charge in [-0.2, -0.15) is 0 Å². The van der Waals surface area contributed by atoms with Crippen LogP contribution in [-0.4, -0.2) is 62.6 Å². The highest BCUT2D eigenvalue weighted by molar-refractivity contribution is 7.91. The summed E-state index contributed by atoms with van der Waals surface area (Å²) in [5.74, 6) is 0.147. The Morgan fingerprint density at radius 1 is 1.00 bits per heavy atom. The zero-order valence-electron chi connectivity index (χ0n) is 15.8. The van der Waals surface area contributed by atoms with Gasteiger partial charge in [-0.25, -0.2) is 12.8 Å². The van der Waals surface area contributed by atoms with Gasteiger partial charge in [0.25, 0.3) is 0 Å². The SMILES string of the molecule is O=C(C1CCCCC1)N1CCN(CCCS(=O)(=O)c2ccc(F)cc2)CC1. The number of hydrogen-bond donors (Lipinski definition) is 0. The van der Waals surface area contributed by atoms with E-state index in [1.165, 1.54) is 43.5 Å². The molecule has 1 aromatic carbocycles. The van der Waals surface area contributed by atoms with Crippen LogP contribution >= 0.6 is 0 Å². The molecule has 1 saturated heterocycles. The number of amides is 1. The zero-order valence-corrected chi connectivity index (χ0v) is 16.6. The van der Waals surface area contributed by atoms with Gasteiger partial charge in [0.2, 0.25) is 5.91 Å². The average molecular weight is 397 g/mol. The maximum absolute atomic E-state index is 12.9. The quantitative estimate of drug-likeness (QED) is 0.694. The first-order chi connectivity index (χ1) is 13.0. The molecule has 1 heterocycles. The molecule has 0 atom stereocenters. The molecular weight excluding hydrogens is 367 g/mol. The highest BCUT2D eigenvalue weighted by Gasteiger charge is 2.28. The van der Waals surface area contributed by atoms with E-state index in [0.717, 1.165) is 39.0 Å². The van der Waals surface area contributed by atoms with Crippen molar-refractivity contribution in [3.05, 3.63) is 30.1 Å². The summed E-state index contributed by atoms with van der Waals surface area (Å²) in [6, 6.07) is 4.99. The minimum absolute atomic E-state index is 0.0554. The van der Waals surface area contributed by atoms with Crippen molar-refractivity contribution in [3.63, 3.8) is 0 Å². The third-order valence-corrected chi connectivity index (χ3v) is 7.52. The van der Waals surface area contributed by atoms with Gasteiger partial charge in [-0.3, -0.25) is 9.69 Å². The second kappa shape index (κ2) is 9.15. The Morgan fingerprint density at radius 3 is 2.26 bits per heavy atom. The number of nitrogens with zero attached hydrogens (tertiary/aromatic N) is 2. The molecule has 0 spiro atoms. The summed E-state index contributed by atoms with van der Waals surface area (Å²) in [4.78, 5) is 17.0. The van der Waals surface area contributed by atoms with Crippen LogP contribution in [0.3, 0.4) is 0 Å². The van der Waals surface area contributed by atoms with Crippen LogP contribution in [0, 0.1) is 11.7 Å². The summed E-state index contributed by atoms with van der Waals surface area (Å²) < 4.78 is 37.6. The number of halogens is 1. The van der Waals surface area contributed by atoms with E-state index in [4.69, 9.17) is 0 Å². The topological polar surface area (TPSA) is 57.7 Å². The lowest BCUT2D eigenvalue weighted by atomic mass is 9.88. The molecule has 150 valence electrons. The third-order valence-electron chi connectivity index (χ3n) is 5.70. The van der Waals surface area contributed by atoms with Gasteiger partial charge in [-0.1, -0.05) is 19.3 Å². The predicted octanol–water partition coefficient (Wildman–Crippen LogP) is 2.71. The molecule has 1 aromatic rings. The lowest BCUT2D eigenvalue weighted by Gasteiger charge is -2.37. The van der Waals surface area contributed by atoms with E-state index in [0.29, 0.717) is 18.9 Å². The number of rotatable bonds is 6. The highest BCUT2D eigenvalue weighted by Crippen LogP contribution is 2.25. The van der Waals surface area contributed by atoms with E-state index in [1.54, 1.807) is 0 Å². The van der Waals surface area contributed by atoms with Gasteiger partial charge in [0.05, 0.1) is 10.6 Å². The molecule has 0 bridgehead atoms. The smallest absolute Gasteiger partial charge is 0.225 e. The number of carbonyl (C=O) groups is 1. The van der Waals surface area contributed by atoms with Gasteiger partial charge in [0.15, 0.2) is 9.84 Å². The number of piperazine rings is 1. The predicted molar refractivity (Wildman–Crippen MR) is 103 cm³/mol. The Balaban J connectivity index is 1.40. The summed E-state index contributed by atoms with van der Waals surface area (Å²) >= 11 is 0. The monoisotopic (exact) mass is 396 g/mol. The summed E-state index contributed by atoms with van der Waals surface area (Å²) in [6.07, 6.45) is 6.17. The largest absolute Gasteiger partial charge is 0.340 e. The van der Waals surface area contributed by atoms with Crippen molar-refractivity contribution in [2.75, 3.05) is 38.5 Å². The first-order valence-corrected chi connectivity index (χ1v) is 11.6. The van der Waals surface area contributed by atoms with Crippen molar-refractivity contribution in [1.82, 2.24) is 9.80 Å². The molecule has 1 aliphatic heterocycles. The minimum Gasteiger partial charge on any atom is -0.340 e. The van der Waals surface area contributed by atoms with Crippen molar-refractivity contribution in [2.45, 2.75) is 43.4 Å². The standard InChI is InChI=1S/C20H29FN2O3S/c21-18-7-9-19(10-8-18)27(25,26)16-4-11-22-12-14-23(15-13-22)20(24)17-5-2-1-3-6-17/h7-10,17H,1-6,11-16H2. The van der Waals surface area contributed by atoms with Gasteiger partial charge in [0.1, 0.15) is 5.82 Å². The van der Waals surface area contributed by atoms with Crippen molar-refractivity contribution in [3.8, 4) is 0 Å². The van der Waals surface area contributed by atoms with E-state index in [1.807, 2.05) is 4.90 Å². The van der Waals surface area contributed by atoms with E-state index in [2.05, 4.69) is 4.90 Å². The van der Waals surface area contributed by atoms with E-state index < -0.39 is 15.7 Å². The second-order valence-corrected chi connectivity index (χ2v) is 9.74. The number of sulfone groups is 1. The molecular formula is C20H29FN2O3S. The Labute approximate surface area is 161 Å². The molecule has 0 N–H and O–H groups in total. The minimum atomic E-state index is -3.37. The van der Waals surface area contributed by atoms with Crippen LogP contribution in [0.5, 0.6) is 0 Å². The van der Waals surface area contributed by atoms with Gasteiger partial charge < -0.3 is 4.90 Å². The van der Waals surface area contributed by atoms with Crippen molar-refractivity contribution < 1.29 is 17.6 Å². The Kier molecular flexibility index (Phi) is 6.87. The molecule has 1 saturated carbocycles. The third kappa shape index (κ3) is 5.51. The molecule has 5 nitrogen and oxygen atoms in total. The van der Waals surface area contributed by atoms with Gasteiger partial charge in [0, 0.05) is 32.1 Å². The fourth-order valence-corrected chi connectivity index (χ4v) is 5.33. The molecule has 7 heteroatoms. The van der Waals surface area contributed by atoms with Crippen LogP contribution in [0.2, 0.25) is 0 Å². The molecule has 2 fully saturated rings. The maximum Gasteiger partial charge on any atom is 0.225 e. The van der Waals surface area contributed by atoms with Crippen LogP contribution in [0.1, 0.15) is 38.5 Å². The maximum atomic E-state index is 12.9. The molecule has 27 heavy (non-hydrogen) atoms. The zero-order chi connectivity index (χ0) is 19.3. The number of carbonyl (C=O) groups excluding carboxylic acids is 1. The van der Waals surface area contributed by atoms with E-state index >= 15 is 0 Å². The van der Waals surface area contributed by atoms with Crippen LogP contribution in [-0.2, 0) is 14.6 Å². The van der Waals surface area contributed by atoms with Crippen molar-refractivity contribution in [1.29, 1.82) is 0 Å². The van der Waals surface area contributed by atoms with Gasteiger partial charge in [-0.05, 0) is 50.1 Å². The fourth-order valence-electron chi connectivity index (χ4n) is 4.04. The normalized spacial score (nSPS) is 20.0. The first kappa shape index (κ1) is 20.3. The van der Waals surface area contributed by atoms with Crippen LogP contribution in [0.4, 0.5) is 4.39 Å². The molecule has 1 aliphatic carbocycles. The molecule has 0 radical (unpaired) electrons. The number of hydrogen-bond acceptors (Lipinski definition) is 4. The summed E-state index contributed by atoms with van der Waals surface area (Å²) in [6.45, 7) is 3.77. The van der Waals surface area contributed by atoms with Crippen molar-refractivity contribution >= 4 is 15.7 Å². The van der Waals surface area contributed by atoms with Crippen LogP contribution in [0.25, 0.3) is 0 Å². The van der Waals surface area contributed by atoms with Crippen LogP contribution in [0.15, 0.2) is 29.2 Å². The van der Waals surface area contributed by atoms with Crippen LogP contribution < -0.4 is 0 Å². The highest BCUT2D eigenvalue weighted by atomic mass is 32.2. The Hall–Kier alpha value is -1.47. The molecule has 0 aromatic heterocycles. The second-order valence-electron chi connectivity index (χ2n) is 7.63. The lowest BCUT2D eigenvalue weighted by molar-refractivity contribution is -0.138. The number of benzene rings is 1. The van der Waals surface area contributed by atoms with E-state index in [-0.39, 0.29) is 16.6 Å². The molecule has 3 rings (SSSR count). The Morgan fingerprint density at radius 2 is 1.63 bits per heavy atom. The summed E-state index contributed by atoms with van der Waals surface area (Å²) in [5.41, 5.74) is 0. The average Bonchev–Trinajstić information content (AvgIpc) is 2.69. The van der Waals surface area contributed by atoms with E-state index in [9.17, 15) is 17.6 Å². The summed E-state index contributed by atoms with van der Waals surface area (Å²) in [5, 5.41) is 0. The lowest BCUT2D eigenvalue weighted by Crippen LogP contribution is -2.50.